The van der Waals surface area contributed by atoms with Crippen molar-refractivity contribution in [3.05, 3.63) is 54.7 Å². The van der Waals surface area contributed by atoms with Crippen molar-refractivity contribution in [3.63, 3.8) is 0 Å². The summed E-state index contributed by atoms with van der Waals surface area (Å²) in [6.45, 7) is 0. The smallest absolute Gasteiger partial charge is 0.248 e. The van der Waals surface area contributed by atoms with Gasteiger partial charge in [-0.25, -0.2) is 0 Å². The van der Waals surface area contributed by atoms with E-state index in [9.17, 15) is 4.79 Å². The van der Waals surface area contributed by atoms with Gasteiger partial charge in [0.05, 0.1) is 9.47 Å². The van der Waals surface area contributed by atoms with Gasteiger partial charge in [0, 0.05) is 14.5 Å². The Balaban J connectivity index is 2.01. The molecule has 0 atom stereocenters. The Bertz CT molecular complexity index is 594. The molecule has 18 heavy (non-hydrogen) atoms. The van der Waals surface area contributed by atoms with Crippen molar-refractivity contribution < 1.29 is 4.79 Å². The first kappa shape index (κ1) is 13.8. The molecule has 1 amide bonds. The van der Waals surface area contributed by atoms with Gasteiger partial charge in [0.1, 0.15) is 0 Å². The van der Waals surface area contributed by atoms with E-state index in [0.717, 1.165) is 17.9 Å². The van der Waals surface area contributed by atoms with E-state index >= 15 is 0 Å². The SMILES string of the molecule is O=C(/C=C/c1ccc(Br)s1)Nc1ccccc1I. The average Bonchev–Trinajstić information content (AvgIpc) is 2.76. The number of hydrogen-bond acceptors (Lipinski definition) is 2. The first-order valence-corrected chi connectivity index (χ1v) is 7.83. The fourth-order valence-corrected chi connectivity index (χ4v) is 3.16. The van der Waals surface area contributed by atoms with E-state index < -0.39 is 0 Å². The summed E-state index contributed by atoms with van der Waals surface area (Å²) >= 11 is 7.17. The zero-order valence-corrected chi connectivity index (χ0v) is 13.8. The monoisotopic (exact) mass is 433 g/mol. The van der Waals surface area contributed by atoms with Crippen molar-refractivity contribution in [3.8, 4) is 0 Å². The van der Waals surface area contributed by atoms with Gasteiger partial charge in [0.2, 0.25) is 5.91 Å². The van der Waals surface area contributed by atoms with Gasteiger partial charge in [-0.1, -0.05) is 12.1 Å². The maximum absolute atomic E-state index is 11.7. The lowest BCUT2D eigenvalue weighted by Crippen LogP contribution is -2.08. The summed E-state index contributed by atoms with van der Waals surface area (Å²) in [4.78, 5) is 12.8. The average molecular weight is 434 g/mol. The highest BCUT2D eigenvalue weighted by molar-refractivity contribution is 14.1. The number of carbonyl (C=O) groups excluding carboxylic acids is 1. The van der Waals surface area contributed by atoms with Gasteiger partial charge in [-0.2, -0.15) is 0 Å². The first-order chi connectivity index (χ1) is 8.65. The van der Waals surface area contributed by atoms with Gasteiger partial charge in [-0.15, -0.1) is 11.3 Å². The summed E-state index contributed by atoms with van der Waals surface area (Å²) in [5, 5.41) is 2.85. The minimum Gasteiger partial charge on any atom is -0.322 e. The van der Waals surface area contributed by atoms with Gasteiger partial charge in [-0.05, 0) is 68.9 Å². The summed E-state index contributed by atoms with van der Waals surface area (Å²) < 4.78 is 2.08. The maximum atomic E-state index is 11.7. The molecule has 5 heteroatoms. The second-order valence-corrected chi connectivity index (χ2v) is 7.10. The molecule has 0 saturated heterocycles. The van der Waals surface area contributed by atoms with Gasteiger partial charge in [0.25, 0.3) is 0 Å². The highest BCUT2D eigenvalue weighted by Crippen LogP contribution is 2.23. The molecular formula is C13H9BrINOS. The van der Waals surface area contributed by atoms with Crippen LogP contribution in [0, 0.1) is 3.57 Å². The maximum Gasteiger partial charge on any atom is 0.248 e. The van der Waals surface area contributed by atoms with Crippen molar-refractivity contribution in [1.29, 1.82) is 0 Å². The lowest BCUT2D eigenvalue weighted by molar-refractivity contribution is -0.111. The zero-order valence-electron chi connectivity index (χ0n) is 9.19. The highest BCUT2D eigenvalue weighted by Gasteiger charge is 2.01. The summed E-state index contributed by atoms with van der Waals surface area (Å²) in [7, 11) is 0. The molecule has 0 aliphatic rings. The molecule has 2 nitrogen and oxygen atoms in total. The van der Waals surface area contributed by atoms with Crippen LogP contribution in [-0.2, 0) is 4.79 Å². The predicted molar refractivity (Wildman–Crippen MR) is 88.8 cm³/mol. The summed E-state index contributed by atoms with van der Waals surface area (Å²) in [5.41, 5.74) is 0.833. The van der Waals surface area contributed by atoms with E-state index in [1.54, 1.807) is 23.5 Å². The second kappa shape index (κ2) is 6.49. The summed E-state index contributed by atoms with van der Waals surface area (Å²) in [6.07, 6.45) is 3.35. The number of carbonyl (C=O) groups is 1. The van der Waals surface area contributed by atoms with E-state index in [2.05, 4.69) is 43.8 Å². The fourth-order valence-electron chi connectivity index (χ4n) is 1.31. The van der Waals surface area contributed by atoms with Gasteiger partial charge < -0.3 is 5.32 Å². The van der Waals surface area contributed by atoms with E-state index in [0.29, 0.717) is 0 Å². The van der Waals surface area contributed by atoms with Crippen molar-refractivity contribution >= 4 is 67.5 Å². The van der Waals surface area contributed by atoms with Crippen molar-refractivity contribution in [2.75, 3.05) is 5.32 Å². The number of halogens is 2. The second-order valence-electron chi connectivity index (χ2n) is 3.44. The van der Waals surface area contributed by atoms with Crippen LogP contribution in [0.1, 0.15) is 4.88 Å². The number of rotatable bonds is 3. The molecule has 0 fully saturated rings. The molecule has 1 heterocycles. The van der Waals surface area contributed by atoms with Crippen LogP contribution >= 0.6 is 49.9 Å². The molecule has 0 radical (unpaired) electrons. The van der Waals surface area contributed by atoms with E-state index in [-0.39, 0.29) is 5.91 Å². The Labute approximate surface area is 131 Å². The van der Waals surface area contributed by atoms with E-state index in [1.807, 2.05) is 36.4 Å². The lowest BCUT2D eigenvalue weighted by Gasteiger charge is -2.03. The molecular weight excluding hydrogens is 425 g/mol. The molecule has 0 unspecified atom stereocenters. The minimum absolute atomic E-state index is 0.122. The van der Waals surface area contributed by atoms with Crippen LogP contribution in [0.2, 0.25) is 0 Å². The normalized spacial score (nSPS) is 10.8. The molecule has 0 saturated carbocycles. The third-order valence-corrected chi connectivity index (χ3v) is 4.65. The van der Waals surface area contributed by atoms with Crippen LogP contribution < -0.4 is 5.32 Å². The topological polar surface area (TPSA) is 29.1 Å². The van der Waals surface area contributed by atoms with Crippen LogP contribution in [0.5, 0.6) is 0 Å². The largest absolute Gasteiger partial charge is 0.322 e. The van der Waals surface area contributed by atoms with Crippen LogP contribution in [0.25, 0.3) is 6.08 Å². The number of nitrogens with one attached hydrogen (secondary N) is 1. The van der Waals surface area contributed by atoms with E-state index in [1.165, 1.54) is 0 Å². The number of anilines is 1. The Morgan fingerprint density at radius 3 is 2.72 bits per heavy atom. The van der Waals surface area contributed by atoms with Crippen molar-refractivity contribution in [2.24, 2.45) is 0 Å². The number of hydrogen-bond donors (Lipinski definition) is 1. The van der Waals surface area contributed by atoms with Crippen LogP contribution in [0.4, 0.5) is 5.69 Å². The van der Waals surface area contributed by atoms with Crippen LogP contribution in [0.15, 0.2) is 46.3 Å². The molecule has 0 spiro atoms. The van der Waals surface area contributed by atoms with Crippen LogP contribution in [0.3, 0.4) is 0 Å². The molecule has 2 rings (SSSR count). The highest BCUT2D eigenvalue weighted by atomic mass is 127. The molecule has 1 aromatic heterocycles. The molecule has 1 aromatic carbocycles. The molecule has 2 aromatic rings. The standard InChI is InChI=1S/C13H9BrINOS/c14-12-7-5-9(18-12)6-8-13(17)16-11-4-2-1-3-10(11)15/h1-8H,(H,16,17)/b8-6+. The summed E-state index contributed by atoms with van der Waals surface area (Å²) in [5.74, 6) is -0.122. The van der Waals surface area contributed by atoms with Gasteiger partial charge in [-0.3, -0.25) is 4.79 Å². The Hall–Kier alpha value is -0.660. The first-order valence-electron chi connectivity index (χ1n) is 5.14. The predicted octanol–water partition coefficient (Wildman–Crippen LogP) is 4.77. The summed E-state index contributed by atoms with van der Waals surface area (Å²) in [6, 6.07) is 11.6. The number of amides is 1. The van der Waals surface area contributed by atoms with Gasteiger partial charge >= 0.3 is 0 Å². The number of benzene rings is 1. The Morgan fingerprint density at radius 1 is 1.28 bits per heavy atom. The lowest BCUT2D eigenvalue weighted by atomic mass is 10.3. The van der Waals surface area contributed by atoms with E-state index in [4.69, 9.17) is 0 Å². The molecule has 92 valence electrons. The Morgan fingerprint density at radius 2 is 2.06 bits per heavy atom. The number of para-hydroxylation sites is 1. The minimum atomic E-state index is -0.122. The molecule has 0 bridgehead atoms. The van der Waals surface area contributed by atoms with Gasteiger partial charge in [0.15, 0.2) is 0 Å². The van der Waals surface area contributed by atoms with Crippen LogP contribution in [-0.4, -0.2) is 5.91 Å². The van der Waals surface area contributed by atoms with Crippen molar-refractivity contribution in [2.45, 2.75) is 0 Å². The Kier molecular flexibility index (Phi) is 4.96. The molecule has 0 aliphatic heterocycles. The number of thiophene rings is 1. The quantitative estimate of drug-likeness (QED) is 0.548. The van der Waals surface area contributed by atoms with Crippen molar-refractivity contribution in [1.82, 2.24) is 0 Å². The zero-order chi connectivity index (χ0) is 13.0. The third-order valence-electron chi connectivity index (χ3n) is 2.12. The molecule has 1 N–H and O–H groups in total. The molecule has 0 aliphatic carbocycles. The fraction of sp³-hybridized carbons (Fsp3) is 0. The third kappa shape index (κ3) is 3.93.